The Balaban J connectivity index is 0.00000614. The van der Waals surface area contributed by atoms with Crippen LogP contribution in [0.1, 0.15) is 22.3 Å². The van der Waals surface area contributed by atoms with E-state index in [1.807, 2.05) is 6.20 Å². The minimum atomic E-state index is -2.39. The van der Waals surface area contributed by atoms with Crippen LogP contribution in [-0.4, -0.2) is 31.6 Å². The number of anilines is 8. The zero-order chi connectivity index (χ0) is 55.4. The van der Waals surface area contributed by atoms with Crippen molar-refractivity contribution in [1.29, 1.82) is 0 Å². The molecular formula is C72H57B2N7PtSi-2. The van der Waals surface area contributed by atoms with Crippen molar-refractivity contribution in [3.63, 3.8) is 0 Å². The van der Waals surface area contributed by atoms with E-state index in [1.54, 1.807) is 0 Å². The molecule has 0 spiro atoms. The van der Waals surface area contributed by atoms with E-state index in [1.165, 1.54) is 49.1 Å². The van der Waals surface area contributed by atoms with Gasteiger partial charge in [-0.3, -0.25) is 4.57 Å². The van der Waals surface area contributed by atoms with Crippen LogP contribution in [0.15, 0.2) is 237 Å². The first-order valence-corrected chi connectivity index (χ1v) is 31.4. The summed E-state index contributed by atoms with van der Waals surface area (Å²) in [6.07, 6.45) is 5.99. The van der Waals surface area contributed by atoms with Crippen molar-refractivity contribution in [2.45, 2.75) is 40.8 Å². The minimum absolute atomic E-state index is 0. The fourth-order valence-electron chi connectivity index (χ4n) is 13.6. The number of hydrogen-bond donors (Lipinski definition) is 0. The standard InChI is InChI=1S/C72H57B2N7Si.Pt/c1-49-24-19-25-50(2)68(49)73-78(55-32-15-9-16-33-55)61-43-41-58(81-72-63(39-23-45-75-72)79(56-34-17-10-18-35-56)74(81)69-51(3)26-20-27-52(69)4)46-64(61)80(73)57-42-44-66-65(47-57)77-48-76(62-38-22-40-67(71(62)77)82(66,5)6)70-59(53-28-11-7-12-29-53)36-21-37-60(70)54-30-13-8-14-31-54;/h7-45H,1-6H3;/q-2;. The Hall–Kier alpha value is -8.94. The van der Waals surface area contributed by atoms with Gasteiger partial charge in [0.2, 0.25) is 0 Å². The summed E-state index contributed by atoms with van der Waals surface area (Å²) in [5.41, 5.74) is 23.4. The monoisotopic (exact) mass is 1260 g/mol. The number of rotatable bonds is 9. The number of benzene rings is 10. The third kappa shape index (κ3) is 8.20. The van der Waals surface area contributed by atoms with Crippen molar-refractivity contribution >= 4 is 100 Å². The number of aryl methyl sites for hydroxylation is 4. The molecule has 12 aromatic rings. The van der Waals surface area contributed by atoms with Crippen molar-refractivity contribution < 1.29 is 25.6 Å². The Kier molecular flexibility index (Phi) is 12.9. The zero-order valence-electron chi connectivity index (χ0n) is 47.1. The number of aromatic nitrogens is 3. The van der Waals surface area contributed by atoms with Gasteiger partial charge in [0, 0.05) is 46.7 Å². The van der Waals surface area contributed by atoms with Crippen LogP contribution in [0.2, 0.25) is 13.1 Å². The molecule has 0 saturated heterocycles. The van der Waals surface area contributed by atoms with Crippen LogP contribution >= 0.6 is 0 Å². The number of hydrogen-bond acceptors (Lipinski definition) is 5. The Bertz CT molecular complexity index is 4380. The van der Waals surface area contributed by atoms with Gasteiger partial charge in [-0.2, -0.15) is 12.1 Å². The van der Waals surface area contributed by atoms with Crippen molar-refractivity contribution in [3.05, 3.63) is 277 Å². The van der Waals surface area contributed by atoms with E-state index in [0.717, 1.165) is 84.8 Å². The molecule has 0 radical (unpaired) electrons. The van der Waals surface area contributed by atoms with Crippen LogP contribution in [0, 0.1) is 46.2 Å². The van der Waals surface area contributed by atoms with Gasteiger partial charge in [-0.05, 0) is 103 Å². The van der Waals surface area contributed by atoms with Gasteiger partial charge in [0.15, 0.2) is 0 Å². The van der Waals surface area contributed by atoms with E-state index in [-0.39, 0.29) is 35.0 Å². The van der Waals surface area contributed by atoms with E-state index >= 15 is 0 Å². The molecule has 10 aromatic carbocycles. The molecule has 0 bridgehead atoms. The van der Waals surface area contributed by atoms with Gasteiger partial charge >= 0.3 is 14.0 Å². The molecule has 0 amide bonds. The zero-order valence-corrected chi connectivity index (χ0v) is 50.4. The van der Waals surface area contributed by atoms with E-state index in [9.17, 15) is 0 Å². The number of pyridine rings is 1. The molecule has 5 heterocycles. The van der Waals surface area contributed by atoms with Crippen LogP contribution < -0.4 is 45.1 Å². The van der Waals surface area contributed by atoms with E-state index in [2.05, 4.69) is 318 Å². The molecule has 0 N–H and O–H groups in total. The Morgan fingerprint density at radius 1 is 0.434 bits per heavy atom. The molecule has 83 heavy (non-hydrogen) atoms. The molecule has 0 aliphatic carbocycles. The van der Waals surface area contributed by atoms with Crippen LogP contribution in [0.25, 0.3) is 44.7 Å². The molecular weight excluding hydrogens is 1210 g/mol. The van der Waals surface area contributed by atoms with Gasteiger partial charge in [0.1, 0.15) is 5.82 Å². The van der Waals surface area contributed by atoms with Crippen LogP contribution in [0.5, 0.6) is 0 Å². The van der Waals surface area contributed by atoms with Crippen molar-refractivity contribution in [3.8, 4) is 33.6 Å². The van der Waals surface area contributed by atoms with Gasteiger partial charge < -0.3 is 23.8 Å². The second-order valence-electron chi connectivity index (χ2n) is 22.5. The summed E-state index contributed by atoms with van der Waals surface area (Å²) < 4.78 is 4.66. The fraction of sp³-hybridized carbons (Fsp3) is 0.0833. The summed E-state index contributed by atoms with van der Waals surface area (Å²) in [5.74, 6) is 0.877. The largest absolute Gasteiger partial charge is 0.420 e. The summed E-state index contributed by atoms with van der Waals surface area (Å²) >= 11 is 0. The van der Waals surface area contributed by atoms with Crippen molar-refractivity contribution in [2.75, 3.05) is 19.2 Å². The molecule has 7 nitrogen and oxygen atoms in total. The second-order valence-corrected chi connectivity index (χ2v) is 26.9. The van der Waals surface area contributed by atoms with E-state index in [0.29, 0.717) is 0 Å². The molecule has 0 unspecified atom stereocenters. The van der Waals surface area contributed by atoms with Gasteiger partial charge in [0.25, 0.3) is 6.33 Å². The van der Waals surface area contributed by atoms with Crippen LogP contribution in [0.3, 0.4) is 0 Å². The smallest absolute Gasteiger partial charge is 0.415 e. The predicted octanol–water partition coefficient (Wildman–Crippen LogP) is 13.8. The summed E-state index contributed by atoms with van der Waals surface area (Å²) in [4.78, 5) is 15.1. The Labute approximate surface area is 502 Å². The molecule has 0 atom stereocenters. The SMILES string of the molecule is Cc1cccc(C)c1B1N(c2[c-]c3c(cc2)[Si](C)(C)c2cccc4c2n-3[c-][n+]4-c2c(-c3ccccc3)cccc2-c2ccccc2)c2[c-]c(N3B(c4c(C)cccc4C)N(c4ccccc4)c4cccnc43)ccc2N1c1ccccc1.[Pt]. The topological polar surface area (TPSA) is 34.7 Å². The third-order valence-electron chi connectivity index (χ3n) is 17.4. The first-order valence-electron chi connectivity index (χ1n) is 28.4. The van der Waals surface area contributed by atoms with Crippen LogP contribution in [0.4, 0.5) is 45.6 Å². The first-order chi connectivity index (χ1) is 40.2. The molecule has 0 saturated carbocycles. The Morgan fingerprint density at radius 2 is 0.928 bits per heavy atom. The first kappa shape index (κ1) is 52.2. The maximum absolute atomic E-state index is 5.24. The number of para-hydroxylation sites is 4. The maximum atomic E-state index is 5.24. The van der Waals surface area contributed by atoms with Gasteiger partial charge in [-0.15, -0.1) is 29.5 Å². The fourth-order valence-corrected chi connectivity index (χ4v) is 16.5. The molecule has 2 aromatic heterocycles. The number of imidazole rings is 1. The van der Waals surface area contributed by atoms with E-state index in [4.69, 9.17) is 4.98 Å². The minimum Gasteiger partial charge on any atom is -0.415 e. The summed E-state index contributed by atoms with van der Waals surface area (Å²) in [6.45, 7) is 13.4. The average molecular weight is 1270 g/mol. The normalized spacial score (nSPS) is 13.8. The molecule has 11 heteroatoms. The quantitative estimate of drug-likeness (QED) is 0.0817. The van der Waals surface area contributed by atoms with E-state index < -0.39 is 8.07 Å². The maximum Gasteiger partial charge on any atom is 0.420 e. The molecule has 0 fully saturated rings. The summed E-state index contributed by atoms with van der Waals surface area (Å²) in [5, 5.41) is 2.69. The summed E-state index contributed by atoms with van der Waals surface area (Å²) in [6, 6.07) is 92.1. The molecule has 402 valence electrons. The van der Waals surface area contributed by atoms with Gasteiger partial charge in [0.05, 0.1) is 22.4 Å². The number of nitrogens with zero attached hydrogens (tertiary/aromatic N) is 7. The molecule has 3 aliphatic heterocycles. The van der Waals surface area contributed by atoms with Crippen molar-refractivity contribution in [2.24, 2.45) is 0 Å². The predicted molar refractivity (Wildman–Crippen MR) is 344 cm³/mol. The van der Waals surface area contributed by atoms with Gasteiger partial charge in [-0.1, -0.05) is 233 Å². The third-order valence-corrected chi connectivity index (χ3v) is 20.9. The van der Waals surface area contributed by atoms with Crippen LogP contribution in [-0.2, 0) is 21.1 Å². The van der Waals surface area contributed by atoms with Gasteiger partial charge in [-0.25, -0.2) is 4.98 Å². The van der Waals surface area contributed by atoms with Crippen molar-refractivity contribution in [1.82, 2.24) is 9.55 Å². The average Bonchev–Trinajstić information content (AvgIpc) is 2.27. The second kappa shape index (κ2) is 20.5. The molecule has 3 aliphatic rings. The molecule has 15 rings (SSSR count). The Morgan fingerprint density at radius 3 is 1.52 bits per heavy atom. The number of fused-ring (bicyclic) bond motifs is 4. The summed E-state index contributed by atoms with van der Waals surface area (Å²) in [7, 11) is -2.39.